The first-order chi connectivity index (χ1) is 9.00. The summed E-state index contributed by atoms with van der Waals surface area (Å²) in [5, 5.41) is 6.19. The molecule has 1 fully saturated rings. The van der Waals surface area contributed by atoms with Crippen LogP contribution in [0.15, 0.2) is 17.1 Å². The van der Waals surface area contributed by atoms with Gasteiger partial charge in [0.05, 0.1) is 0 Å². The Bertz CT molecular complexity index is 516. The summed E-state index contributed by atoms with van der Waals surface area (Å²) in [4.78, 5) is 26.6. The molecule has 1 amide bonds. The number of amides is 1. The van der Waals surface area contributed by atoms with E-state index in [0.29, 0.717) is 6.54 Å². The molecule has 0 saturated carbocycles. The Morgan fingerprint density at radius 2 is 2.11 bits per heavy atom. The summed E-state index contributed by atoms with van der Waals surface area (Å²) >= 11 is 0. The lowest BCUT2D eigenvalue weighted by Crippen LogP contribution is -2.43. The van der Waals surface area contributed by atoms with Gasteiger partial charge < -0.3 is 15.6 Å². The third kappa shape index (κ3) is 3.44. The van der Waals surface area contributed by atoms with Crippen LogP contribution in [0.2, 0.25) is 0 Å². The van der Waals surface area contributed by atoms with E-state index in [1.165, 1.54) is 12.3 Å². The Balaban J connectivity index is 1.99. The molecule has 5 nitrogen and oxygen atoms in total. The number of hydrogen-bond donors (Lipinski definition) is 3. The summed E-state index contributed by atoms with van der Waals surface area (Å²) in [7, 11) is 0. The minimum atomic E-state index is -0.291. The largest absolute Gasteiger partial charge is 0.364 e. The van der Waals surface area contributed by atoms with Crippen LogP contribution in [-0.4, -0.2) is 30.5 Å². The number of aromatic nitrogens is 1. The number of nitrogens with one attached hydrogen (secondary N) is 3. The number of aryl methyl sites for hydroxylation is 1. The van der Waals surface area contributed by atoms with Crippen molar-refractivity contribution in [3.05, 3.63) is 33.7 Å². The smallest absolute Gasteiger partial charge is 0.256 e. The van der Waals surface area contributed by atoms with Crippen molar-refractivity contribution >= 4 is 5.91 Å². The first kappa shape index (κ1) is 13.8. The molecule has 0 spiro atoms. The van der Waals surface area contributed by atoms with Gasteiger partial charge in [0.2, 0.25) is 0 Å². The number of H-pyrrole nitrogens is 1. The van der Waals surface area contributed by atoms with Crippen LogP contribution >= 0.6 is 0 Å². The molecule has 0 aliphatic carbocycles. The predicted molar refractivity (Wildman–Crippen MR) is 74.3 cm³/mol. The highest BCUT2D eigenvalue weighted by Gasteiger charge is 2.27. The Kier molecular flexibility index (Phi) is 4.04. The SMILES string of the molecule is Cc1cc(=O)c(C(=O)NCC2(C)CCNCC2)c[nH]1. The number of aromatic amines is 1. The Morgan fingerprint density at radius 3 is 2.74 bits per heavy atom. The van der Waals surface area contributed by atoms with Crippen molar-refractivity contribution in [3.8, 4) is 0 Å². The van der Waals surface area contributed by atoms with E-state index in [2.05, 4.69) is 22.5 Å². The van der Waals surface area contributed by atoms with Crippen molar-refractivity contribution in [2.45, 2.75) is 26.7 Å². The molecule has 104 valence electrons. The lowest BCUT2D eigenvalue weighted by atomic mass is 9.81. The number of piperidine rings is 1. The second-order valence-electron chi connectivity index (χ2n) is 5.64. The van der Waals surface area contributed by atoms with Crippen LogP contribution in [0.4, 0.5) is 0 Å². The Hall–Kier alpha value is -1.62. The summed E-state index contributed by atoms with van der Waals surface area (Å²) in [6, 6.07) is 1.45. The minimum Gasteiger partial charge on any atom is -0.364 e. The summed E-state index contributed by atoms with van der Waals surface area (Å²) in [6.45, 7) is 6.54. The quantitative estimate of drug-likeness (QED) is 0.755. The van der Waals surface area contributed by atoms with Gasteiger partial charge in [0.1, 0.15) is 5.56 Å². The molecular weight excluding hydrogens is 242 g/mol. The van der Waals surface area contributed by atoms with Crippen molar-refractivity contribution in [2.75, 3.05) is 19.6 Å². The minimum absolute atomic E-state index is 0.123. The van der Waals surface area contributed by atoms with Crippen LogP contribution in [0.5, 0.6) is 0 Å². The maximum absolute atomic E-state index is 12.0. The molecule has 0 atom stereocenters. The van der Waals surface area contributed by atoms with Crippen LogP contribution in [-0.2, 0) is 0 Å². The maximum Gasteiger partial charge on any atom is 0.256 e. The molecule has 0 bridgehead atoms. The number of rotatable bonds is 3. The van der Waals surface area contributed by atoms with Gasteiger partial charge in [-0.25, -0.2) is 0 Å². The fraction of sp³-hybridized carbons (Fsp3) is 0.571. The molecule has 2 heterocycles. The summed E-state index contributed by atoms with van der Waals surface area (Å²) < 4.78 is 0. The van der Waals surface area contributed by atoms with Crippen LogP contribution in [0.3, 0.4) is 0 Å². The van der Waals surface area contributed by atoms with Gasteiger partial charge in [-0.15, -0.1) is 0 Å². The highest BCUT2D eigenvalue weighted by Crippen LogP contribution is 2.26. The van der Waals surface area contributed by atoms with Gasteiger partial charge in [0.25, 0.3) is 5.91 Å². The van der Waals surface area contributed by atoms with Crippen molar-refractivity contribution < 1.29 is 4.79 Å². The van der Waals surface area contributed by atoms with E-state index in [-0.39, 0.29) is 22.3 Å². The monoisotopic (exact) mass is 263 g/mol. The highest BCUT2D eigenvalue weighted by molar-refractivity contribution is 5.93. The predicted octanol–water partition coefficient (Wildman–Crippen LogP) is 0.803. The zero-order valence-electron chi connectivity index (χ0n) is 11.5. The number of hydrogen-bond acceptors (Lipinski definition) is 3. The third-order valence-corrected chi connectivity index (χ3v) is 3.79. The van der Waals surface area contributed by atoms with Crippen LogP contribution in [0, 0.1) is 12.3 Å². The number of carbonyl (C=O) groups is 1. The van der Waals surface area contributed by atoms with E-state index >= 15 is 0 Å². The van der Waals surface area contributed by atoms with E-state index in [1.807, 2.05) is 0 Å². The van der Waals surface area contributed by atoms with Crippen molar-refractivity contribution in [3.63, 3.8) is 0 Å². The Labute approximate surface area is 112 Å². The van der Waals surface area contributed by atoms with Crippen LogP contribution in [0.1, 0.15) is 35.8 Å². The molecule has 0 unspecified atom stereocenters. The summed E-state index contributed by atoms with van der Waals surface area (Å²) in [5.41, 5.74) is 0.831. The van der Waals surface area contributed by atoms with E-state index in [4.69, 9.17) is 0 Å². The average molecular weight is 263 g/mol. The lowest BCUT2D eigenvalue weighted by molar-refractivity contribution is 0.0921. The molecule has 1 aromatic heterocycles. The van der Waals surface area contributed by atoms with Crippen molar-refractivity contribution in [1.29, 1.82) is 0 Å². The molecule has 5 heteroatoms. The van der Waals surface area contributed by atoms with Crippen molar-refractivity contribution in [2.24, 2.45) is 5.41 Å². The molecule has 1 saturated heterocycles. The summed E-state index contributed by atoms with van der Waals surface area (Å²) in [5.74, 6) is -0.291. The molecule has 0 radical (unpaired) electrons. The normalized spacial score (nSPS) is 18.0. The van der Waals surface area contributed by atoms with Gasteiger partial charge in [0.15, 0.2) is 5.43 Å². The lowest BCUT2D eigenvalue weighted by Gasteiger charge is -2.34. The van der Waals surface area contributed by atoms with Gasteiger partial charge in [-0.05, 0) is 38.3 Å². The molecular formula is C14H21N3O2. The zero-order valence-corrected chi connectivity index (χ0v) is 11.5. The molecule has 2 rings (SSSR count). The zero-order chi connectivity index (χ0) is 13.9. The standard InChI is InChI=1S/C14H21N3O2/c1-10-7-12(18)11(8-16-10)13(19)17-9-14(2)3-5-15-6-4-14/h7-8,15H,3-6,9H2,1-2H3,(H,16,18)(H,17,19). The van der Waals surface area contributed by atoms with Gasteiger partial charge in [-0.1, -0.05) is 6.92 Å². The molecule has 19 heavy (non-hydrogen) atoms. The van der Waals surface area contributed by atoms with Gasteiger partial charge in [-0.2, -0.15) is 0 Å². The van der Waals surface area contributed by atoms with Gasteiger partial charge in [-0.3, -0.25) is 9.59 Å². The molecule has 1 aromatic rings. The van der Waals surface area contributed by atoms with E-state index < -0.39 is 0 Å². The molecule has 3 N–H and O–H groups in total. The Morgan fingerprint density at radius 1 is 1.42 bits per heavy atom. The maximum atomic E-state index is 12.0. The first-order valence-electron chi connectivity index (χ1n) is 6.68. The van der Waals surface area contributed by atoms with Crippen molar-refractivity contribution in [1.82, 2.24) is 15.6 Å². The number of pyridine rings is 1. The highest BCUT2D eigenvalue weighted by atomic mass is 16.2. The number of carbonyl (C=O) groups excluding carboxylic acids is 1. The summed E-state index contributed by atoms with van der Waals surface area (Å²) in [6.07, 6.45) is 3.56. The molecule has 1 aliphatic heterocycles. The molecule has 1 aliphatic rings. The third-order valence-electron chi connectivity index (χ3n) is 3.79. The fourth-order valence-electron chi connectivity index (χ4n) is 2.35. The van der Waals surface area contributed by atoms with Gasteiger partial charge in [0, 0.05) is 24.5 Å². The first-order valence-corrected chi connectivity index (χ1v) is 6.68. The van der Waals surface area contributed by atoms with Crippen LogP contribution in [0.25, 0.3) is 0 Å². The molecule has 0 aromatic carbocycles. The van der Waals surface area contributed by atoms with E-state index in [9.17, 15) is 9.59 Å². The fourth-order valence-corrected chi connectivity index (χ4v) is 2.35. The van der Waals surface area contributed by atoms with Crippen LogP contribution < -0.4 is 16.1 Å². The second kappa shape index (κ2) is 5.57. The van der Waals surface area contributed by atoms with E-state index in [0.717, 1.165) is 31.6 Å². The second-order valence-corrected chi connectivity index (χ2v) is 5.64. The average Bonchev–Trinajstić information content (AvgIpc) is 2.37. The van der Waals surface area contributed by atoms with Gasteiger partial charge >= 0.3 is 0 Å². The topological polar surface area (TPSA) is 74.0 Å². The van der Waals surface area contributed by atoms with E-state index in [1.54, 1.807) is 6.92 Å².